The second-order valence-corrected chi connectivity index (χ2v) is 6.17. The SMILES string of the molecule is COCCOc1cc(NC(=O)/C=C/c2ccc(Cl)c(C(F)(F)F)c2)ccc1OC. The van der Waals surface area contributed by atoms with Gasteiger partial charge >= 0.3 is 6.18 Å². The molecule has 156 valence electrons. The number of carbonyl (C=O) groups excluding carboxylic acids is 1. The van der Waals surface area contributed by atoms with Crippen LogP contribution >= 0.6 is 11.6 Å². The van der Waals surface area contributed by atoms with Crippen LogP contribution in [0, 0.1) is 0 Å². The molecule has 0 unspecified atom stereocenters. The first-order valence-corrected chi connectivity index (χ1v) is 8.78. The van der Waals surface area contributed by atoms with Gasteiger partial charge in [0.2, 0.25) is 5.91 Å². The number of carbonyl (C=O) groups is 1. The van der Waals surface area contributed by atoms with Gasteiger partial charge in [0.05, 0.1) is 24.3 Å². The third-order valence-corrected chi connectivity index (χ3v) is 4.03. The molecule has 2 aromatic rings. The van der Waals surface area contributed by atoms with E-state index in [4.69, 9.17) is 25.8 Å². The lowest BCUT2D eigenvalue weighted by atomic mass is 10.1. The number of hydrogen-bond acceptors (Lipinski definition) is 4. The van der Waals surface area contributed by atoms with E-state index < -0.39 is 22.7 Å². The molecule has 2 rings (SSSR count). The van der Waals surface area contributed by atoms with Crippen LogP contribution in [0.4, 0.5) is 18.9 Å². The van der Waals surface area contributed by atoms with E-state index in [2.05, 4.69) is 5.32 Å². The van der Waals surface area contributed by atoms with Gasteiger partial charge in [-0.15, -0.1) is 0 Å². The Labute approximate surface area is 171 Å². The maximum Gasteiger partial charge on any atom is 0.417 e. The Hall–Kier alpha value is -2.71. The summed E-state index contributed by atoms with van der Waals surface area (Å²) in [7, 11) is 3.03. The van der Waals surface area contributed by atoms with Crippen molar-refractivity contribution in [2.75, 3.05) is 32.8 Å². The molecular weight excluding hydrogens is 411 g/mol. The van der Waals surface area contributed by atoms with Gasteiger partial charge in [-0.2, -0.15) is 13.2 Å². The smallest absolute Gasteiger partial charge is 0.417 e. The predicted octanol–water partition coefficient (Wildman–Crippen LogP) is 5.04. The summed E-state index contributed by atoms with van der Waals surface area (Å²) in [6, 6.07) is 8.20. The molecule has 29 heavy (non-hydrogen) atoms. The Morgan fingerprint density at radius 1 is 1.10 bits per heavy atom. The molecule has 0 bridgehead atoms. The molecule has 0 saturated carbocycles. The number of benzene rings is 2. The van der Waals surface area contributed by atoms with Crippen LogP contribution in [0.3, 0.4) is 0 Å². The molecule has 0 heterocycles. The van der Waals surface area contributed by atoms with Crippen LogP contribution in [-0.2, 0) is 15.7 Å². The molecule has 0 aliphatic heterocycles. The van der Waals surface area contributed by atoms with Gasteiger partial charge in [-0.1, -0.05) is 17.7 Å². The highest BCUT2D eigenvalue weighted by molar-refractivity contribution is 6.31. The lowest BCUT2D eigenvalue weighted by Gasteiger charge is -2.12. The van der Waals surface area contributed by atoms with Crippen molar-refractivity contribution in [3.05, 3.63) is 58.6 Å². The molecule has 0 aliphatic rings. The fraction of sp³-hybridized carbons (Fsp3) is 0.250. The fourth-order valence-corrected chi connectivity index (χ4v) is 2.55. The van der Waals surface area contributed by atoms with Crippen LogP contribution in [-0.4, -0.2) is 33.3 Å². The number of nitrogens with one attached hydrogen (secondary N) is 1. The van der Waals surface area contributed by atoms with Gasteiger partial charge in [0, 0.05) is 24.9 Å². The van der Waals surface area contributed by atoms with Crippen molar-refractivity contribution in [1.29, 1.82) is 0 Å². The third-order valence-electron chi connectivity index (χ3n) is 3.70. The summed E-state index contributed by atoms with van der Waals surface area (Å²) >= 11 is 5.58. The normalized spacial score (nSPS) is 11.5. The summed E-state index contributed by atoms with van der Waals surface area (Å²) in [5.74, 6) is 0.371. The Morgan fingerprint density at radius 2 is 1.86 bits per heavy atom. The van der Waals surface area contributed by atoms with E-state index in [0.717, 1.165) is 18.2 Å². The van der Waals surface area contributed by atoms with E-state index in [9.17, 15) is 18.0 Å². The zero-order valence-corrected chi connectivity index (χ0v) is 16.4. The standard InChI is InChI=1S/C20H19ClF3NO4/c1-27-9-10-29-18-12-14(5-7-17(18)28-2)25-19(26)8-4-13-3-6-16(21)15(11-13)20(22,23)24/h3-8,11-12H,9-10H2,1-2H3,(H,25,26)/b8-4+. The van der Waals surface area contributed by atoms with Crippen molar-refractivity contribution < 1.29 is 32.2 Å². The van der Waals surface area contributed by atoms with Crippen molar-refractivity contribution in [2.24, 2.45) is 0 Å². The first-order valence-electron chi connectivity index (χ1n) is 8.40. The van der Waals surface area contributed by atoms with E-state index in [1.54, 1.807) is 25.3 Å². The molecule has 0 radical (unpaired) electrons. The summed E-state index contributed by atoms with van der Waals surface area (Å²) in [4.78, 5) is 12.1. The van der Waals surface area contributed by atoms with E-state index in [-0.39, 0.29) is 5.56 Å². The molecule has 0 saturated heterocycles. The number of methoxy groups -OCH3 is 2. The molecule has 5 nitrogen and oxygen atoms in total. The minimum absolute atomic E-state index is 0.190. The van der Waals surface area contributed by atoms with Crippen molar-refractivity contribution >= 4 is 29.3 Å². The van der Waals surface area contributed by atoms with Crippen LogP contribution < -0.4 is 14.8 Å². The molecule has 0 aromatic heterocycles. The Balaban J connectivity index is 2.10. The van der Waals surface area contributed by atoms with Gasteiger partial charge in [-0.3, -0.25) is 4.79 Å². The van der Waals surface area contributed by atoms with Crippen molar-refractivity contribution in [3.8, 4) is 11.5 Å². The van der Waals surface area contributed by atoms with Gasteiger partial charge in [0.1, 0.15) is 6.61 Å². The minimum Gasteiger partial charge on any atom is -0.493 e. The summed E-state index contributed by atoms with van der Waals surface area (Å²) in [6.45, 7) is 0.672. The zero-order valence-electron chi connectivity index (χ0n) is 15.7. The molecule has 9 heteroatoms. The summed E-state index contributed by atoms with van der Waals surface area (Å²) in [6.07, 6.45) is -2.19. The molecule has 1 amide bonds. The molecule has 0 aliphatic carbocycles. The number of rotatable bonds is 8. The average Bonchev–Trinajstić information content (AvgIpc) is 2.67. The number of amides is 1. The zero-order chi connectivity index (χ0) is 21.4. The maximum absolute atomic E-state index is 12.9. The summed E-state index contributed by atoms with van der Waals surface area (Å²) < 4.78 is 54.4. The Bertz CT molecular complexity index is 885. The highest BCUT2D eigenvalue weighted by atomic mass is 35.5. The molecule has 0 spiro atoms. The van der Waals surface area contributed by atoms with Gasteiger partial charge in [-0.25, -0.2) is 0 Å². The number of ether oxygens (including phenoxy) is 3. The highest BCUT2D eigenvalue weighted by Gasteiger charge is 2.33. The molecule has 0 atom stereocenters. The largest absolute Gasteiger partial charge is 0.493 e. The van der Waals surface area contributed by atoms with Crippen LogP contribution in [0.1, 0.15) is 11.1 Å². The van der Waals surface area contributed by atoms with Gasteiger partial charge < -0.3 is 19.5 Å². The number of alkyl halides is 3. The van der Waals surface area contributed by atoms with Crippen LogP contribution in [0.2, 0.25) is 5.02 Å². The second kappa shape index (κ2) is 10.2. The van der Waals surface area contributed by atoms with E-state index >= 15 is 0 Å². The Kier molecular flexibility index (Phi) is 7.92. The van der Waals surface area contributed by atoms with Crippen molar-refractivity contribution in [3.63, 3.8) is 0 Å². The van der Waals surface area contributed by atoms with Crippen LogP contribution in [0.5, 0.6) is 11.5 Å². The van der Waals surface area contributed by atoms with Crippen molar-refractivity contribution in [1.82, 2.24) is 0 Å². The van der Waals surface area contributed by atoms with Gasteiger partial charge in [-0.05, 0) is 35.9 Å². The minimum atomic E-state index is -4.58. The summed E-state index contributed by atoms with van der Waals surface area (Å²) in [5.41, 5.74) is -0.343. The average molecular weight is 430 g/mol. The lowest BCUT2D eigenvalue weighted by molar-refractivity contribution is -0.137. The van der Waals surface area contributed by atoms with Crippen LogP contribution in [0.15, 0.2) is 42.5 Å². The number of anilines is 1. The number of hydrogen-bond donors (Lipinski definition) is 1. The van der Waals surface area contributed by atoms with Crippen molar-refractivity contribution in [2.45, 2.75) is 6.18 Å². The summed E-state index contributed by atoms with van der Waals surface area (Å²) in [5, 5.41) is 2.21. The first-order chi connectivity index (χ1) is 13.7. The van der Waals surface area contributed by atoms with E-state index in [0.29, 0.717) is 30.4 Å². The molecule has 0 fully saturated rings. The topological polar surface area (TPSA) is 56.8 Å². The third kappa shape index (κ3) is 6.69. The maximum atomic E-state index is 12.9. The first kappa shape index (κ1) is 22.6. The molecule has 1 N–H and O–H groups in total. The fourth-order valence-electron chi connectivity index (χ4n) is 2.32. The predicted molar refractivity (Wildman–Crippen MR) is 104 cm³/mol. The monoisotopic (exact) mass is 429 g/mol. The van der Waals surface area contributed by atoms with Gasteiger partial charge in [0.25, 0.3) is 0 Å². The quantitative estimate of drug-likeness (QED) is 0.471. The van der Waals surface area contributed by atoms with Gasteiger partial charge in [0.15, 0.2) is 11.5 Å². The van der Waals surface area contributed by atoms with Crippen LogP contribution in [0.25, 0.3) is 6.08 Å². The Morgan fingerprint density at radius 3 is 2.52 bits per heavy atom. The highest BCUT2D eigenvalue weighted by Crippen LogP contribution is 2.35. The molecule has 2 aromatic carbocycles. The second-order valence-electron chi connectivity index (χ2n) is 5.77. The van der Waals surface area contributed by atoms with E-state index in [1.807, 2.05) is 0 Å². The molecular formula is C20H19ClF3NO4. The van der Waals surface area contributed by atoms with E-state index in [1.165, 1.54) is 19.3 Å². The number of halogens is 4. The lowest BCUT2D eigenvalue weighted by Crippen LogP contribution is -2.09.